The summed E-state index contributed by atoms with van der Waals surface area (Å²) in [5.74, 6) is -0.128. The highest BCUT2D eigenvalue weighted by atomic mass is 16.3. The Hall–Kier alpha value is -0.610. The Labute approximate surface area is 85.1 Å². The first-order valence-electron chi connectivity index (χ1n) is 5.19. The number of carbonyl (C=O) groups is 1. The maximum Gasteiger partial charge on any atom is 0.242 e. The number of amides is 1. The van der Waals surface area contributed by atoms with Crippen LogP contribution in [-0.2, 0) is 4.79 Å². The van der Waals surface area contributed by atoms with E-state index in [9.17, 15) is 9.90 Å². The summed E-state index contributed by atoms with van der Waals surface area (Å²) < 4.78 is 0. The second-order valence-corrected chi connectivity index (χ2v) is 4.52. The molecule has 3 N–H and O–H groups in total. The molecule has 0 aliphatic carbocycles. The number of nitrogens with zero attached hydrogens (tertiary/aromatic N) is 1. The van der Waals surface area contributed by atoms with Crippen molar-refractivity contribution >= 4 is 5.91 Å². The summed E-state index contributed by atoms with van der Waals surface area (Å²) in [7, 11) is 0. The van der Waals surface area contributed by atoms with Crippen LogP contribution in [0.4, 0.5) is 0 Å². The third kappa shape index (κ3) is 2.69. The summed E-state index contributed by atoms with van der Waals surface area (Å²) in [6.07, 6.45) is 3.27. The van der Waals surface area contributed by atoms with Gasteiger partial charge in [0.1, 0.15) is 6.04 Å². The van der Waals surface area contributed by atoms with E-state index >= 15 is 0 Å². The standard InChI is InChI=1S/C10H20N2O2/c1-10(2,14)8(11)9(13)12-6-4-3-5-7-12/h8,14H,3-7,11H2,1-2H3/t8-/m0/s1. The molecule has 1 amide bonds. The zero-order chi connectivity index (χ0) is 10.8. The molecule has 82 valence electrons. The van der Waals surface area contributed by atoms with Crippen LogP contribution in [0.3, 0.4) is 0 Å². The first kappa shape index (κ1) is 11.5. The number of rotatable bonds is 2. The maximum atomic E-state index is 11.8. The lowest BCUT2D eigenvalue weighted by atomic mass is 9.97. The summed E-state index contributed by atoms with van der Waals surface area (Å²) >= 11 is 0. The van der Waals surface area contributed by atoms with E-state index in [1.165, 1.54) is 6.42 Å². The summed E-state index contributed by atoms with van der Waals surface area (Å²) in [6.45, 7) is 4.70. The molecule has 4 heteroatoms. The topological polar surface area (TPSA) is 66.6 Å². The van der Waals surface area contributed by atoms with Gasteiger partial charge in [0.2, 0.25) is 5.91 Å². The molecule has 1 aliphatic rings. The Morgan fingerprint density at radius 1 is 1.36 bits per heavy atom. The van der Waals surface area contributed by atoms with Gasteiger partial charge in [-0.1, -0.05) is 0 Å². The molecule has 4 nitrogen and oxygen atoms in total. The molecule has 0 bridgehead atoms. The molecular weight excluding hydrogens is 180 g/mol. The zero-order valence-corrected chi connectivity index (χ0v) is 8.99. The molecule has 1 aliphatic heterocycles. The summed E-state index contributed by atoms with van der Waals surface area (Å²) in [5, 5.41) is 9.61. The zero-order valence-electron chi connectivity index (χ0n) is 8.99. The van der Waals surface area contributed by atoms with E-state index in [4.69, 9.17) is 5.73 Å². The monoisotopic (exact) mass is 200 g/mol. The van der Waals surface area contributed by atoms with E-state index in [1.54, 1.807) is 18.7 Å². The van der Waals surface area contributed by atoms with Crippen LogP contribution in [0.25, 0.3) is 0 Å². The van der Waals surface area contributed by atoms with Crippen molar-refractivity contribution in [3.8, 4) is 0 Å². The molecule has 0 aromatic carbocycles. The minimum Gasteiger partial charge on any atom is -0.388 e. The highest BCUT2D eigenvalue weighted by Crippen LogP contribution is 2.14. The van der Waals surface area contributed by atoms with Crippen LogP contribution in [0.15, 0.2) is 0 Å². The normalized spacial score (nSPS) is 20.7. The highest BCUT2D eigenvalue weighted by molar-refractivity contribution is 5.82. The van der Waals surface area contributed by atoms with Crippen molar-refractivity contribution in [2.45, 2.75) is 44.8 Å². The Morgan fingerprint density at radius 2 is 1.86 bits per heavy atom. The number of nitrogens with two attached hydrogens (primary N) is 1. The van der Waals surface area contributed by atoms with Gasteiger partial charge in [-0.15, -0.1) is 0 Å². The van der Waals surface area contributed by atoms with Crippen LogP contribution in [-0.4, -0.2) is 40.6 Å². The number of likely N-dealkylation sites (tertiary alicyclic amines) is 1. The first-order chi connectivity index (χ1) is 6.43. The lowest BCUT2D eigenvalue weighted by molar-refractivity contribution is -0.138. The molecule has 1 fully saturated rings. The molecule has 0 radical (unpaired) electrons. The Balaban J connectivity index is 2.55. The second-order valence-electron chi connectivity index (χ2n) is 4.52. The molecule has 0 saturated carbocycles. The lowest BCUT2D eigenvalue weighted by Crippen LogP contribution is -2.55. The van der Waals surface area contributed by atoms with E-state index < -0.39 is 11.6 Å². The first-order valence-corrected chi connectivity index (χ1v) is 5.19. The van der Waals surface area contributed by atoms with Crippen LogP contribution in [0.2, 0.25) is 0 Å². The van der Waals surface area contributed by atoms with Gasteiger partial charge in [0.15, 0.2) is 0 Å². The van der Waals surface area contributed by atoms with Crippen molar-refractivity contribution < 1.29 is 9.90 Å². The van der Waals surface area contributed by atoms with Crippen molar-refractivity contribution in [3.05, 3.63) is 0 Å². The average molecular weight is 200 g/mol. The van der Waals surface area contributed by atoms with E-state index in [1.807, 2.05) is 0 Å². The molecule has 1 heterocycles. The Kier molecular flexibility index (Phi) is 3.50. The maximum absolute atomic E-state index is 11.8. The molecule has 14 heavy (non-hydrogen) atoms. The molecule has 1 saturated heterocycles. The Bertz CT molecular complexity index is 205. The number of hydrogen-bond acceptors (Lipinski definition) is 3. The molecule has 0 spiro atoms. The largest absolute Gasteiger partial charge is 0.388 e. The van der Waals surface area contributed by atoms with E-state index in [-0.39, 0.29) is 5.91 Å². The summed E-state index contributed by atoms with van der Waals surface area (Å²) in [4.78, 5) is 13.5. The fourth-order valence-corrected chi connectivity index (χ4v) is 1.61. The second kappa shape index (κ2) is 4.28. The predicted molar refractivity (Wildman–Crippen MR) is 54.7 cm³/mol. The van der Waals surface area contributed by atoms with Crippen molar-refractivity contribution in [1.29, 1.82) is 0 Å². The smallest absolute Gasteiger partial charge is 0.242 e. The molecular formula is C10H20N2O2. The fraction of sp³-hybridized carbons (Fsp3) is 0.900. The van der Waals surface area contributed by atoms with Crippen LogP contribution in [0.1, 0.15) is 33.1 Å². The van der Waals surface area contributed by atoms with Gasteiger partial charge in [-0.25, -0.2) is 0 Å². The van der Waals surface area contributed by atoms with Crippen molar-refractivity contribution in [3.63, 3.8) is 0 Å². The number of carbonyl (C=O) groups excluding carboxylic acids is 1. The van der Waals surface area contributed by atoms with Gasteiger partial charge in [-0.05, 0) is 33.1 Å². The third-order valence-corrected chi connectivity index (χ3v) is 2.69. The van der Waals surface area contributed by atoms with Crippen molar-refractivity contribution in [2.24, 2.45) is 5.73 Å². The average Bonchev–Trinajstić information content (AvgIpc) is 2.15. The van der Waals surface area contributed by atoms with Gasteiger partial charge < -0.3 is 15.7 Å². The molecule has 1 atom stereocenters. The number of hydrogen-bond donors (Lipinski definition) is 2. The fourth-order valence-electron chi connectivity index (χ4n) is 1.61. The molecule has 1 rings (SSSR count). The molecule has 0 unspecified atom stereocenters. The highest BCUT2D eigenvalue weighted by Gasteiger charge is 2.33. The number of aliphatic hydroxyl groups is 1. The quantitative estimate of drug-likeness (QED) is 0.664. The predicted octanol–water partition coefficient (Wildman–Crippen LogP) is 0.0971. The van der Waals surface area contributed by atoms with Crippen LogP contribution < -0.4 is 5.73 Å². The number of piperidine rings is 1. The SMILES string of the molecule is CC(C)(O)[C@@H](N)C(=O)N1CCCCC1. The van der Waals surface area contributed by atoms with E-state index in [2.05, 4.69) is 0 Å². The van der Waals surface area contributed by atoms with Gasteiger partial charge in [-0.3, -0.25) is 4.79 Å². The van der Waals surface area contributed by atoms with Crippen LogP contribution in [0, 0.1) is 0 Å². The van der Waals surface area contributed by atoms with Crippen molar-refractivity contribution in [2.75, 3.05) is 13.1 Å². The van der Waals surface area contributed by atoms with Gasteiger partial charge in [0.25, 0.3) is 0 Å². The van der Waals surface area contributed by atoms with Gasteiger partial charge in [0, 0.05) is 13.1 Å². The minimum atomic E-state index is -1.13. The third-order valence-electron chi connectivity index (χ3n) is 2.69. The summed E-state index contributed by atoms with van der Waals surface area (Å²) in [6, 6.07) is -0.805. The van der Waals surface area contributed by atoms with Gasteiger partial charge in [0.05, 0.1) is 5.60 Å². The Morgan fingerprint density at radius 3 is 2.29 bits per heavy atom. The van der Waals surface area contributed by atoms with Crippen molar-refractivity contribution in [1.82, 2.24) is 4.90 Å². The van der Waals surface area contributed by atoms with Gasteiger partial charge >= 0.3 is 0 Å². The molecule has 0 aromatic heterocycles. The van der Waals surface area contributed by atoms with Crippen LogP contribution in [0.5, 0.6) is 0 Å². The van der Waals surface area contributed by atoms with Crippen LogP contribution >= 0.6 is 0 Å². The lowest BCUT2D eigenvalue weighted by Gasteiger charge is -2.33. The van der Waals surface area contributed by atoms with E-state index in [0.717, 1.165) is 25.9 Å². The van der Waals surface area contributed by atoms with E-state index in [0.29, 0.717) is 0 Å². The van der Waals surface area contributed by atoms with Gasteiger partial charge in [-0.2, -0.15) is 0 Å². The summed E-state index contributed by atoms with van der Waals surface area (Å²) in [5.41, 5.74) is 4.55. The molecule has 0 aromatic rings. The minimum absolute atomic E-state index is 0.128.